The summed E-state index contributed by atoms with van der Waals surface area (Å²) in [5.41, 5.74) is 0.988. The normalized spacial score (nSPS) is 11.6. The van der Waals surface area contributed by atoms with Gasteiger partial charge >= 0.3 is 0 Å². The van der Waals surface area contributed by atoms with Gasteiger partial charge < -0.3 is 0 Å². The van der Waals surface area contributed by atoms with Gasteiger partial charge in [0.1, 0.15) is 0 Å². The van der Waals surface area contributed by atoms with Crippen LogP contribution in [-0.2, 0) is 0 Å². The van der Waals surface area contributed by atoms with Crippen LogP contribution in [-0.4, -0.2) is 25.3 Å². The van der Waals surface area contributed by atoms with Crippen molar-refractivity contribution in [1.29, 1.82) is 0 Å². The zero-order valence-electron chi connectivity index (χ0n) is 4.91. The molecule has 0 fully saturated rings. The van der Waals surface area contributed by atoms with Crippen molar-refractivity contribution in [2.75, 3.05) is 5.50 Å². The second-order valence-corrected chi connectivity index (χ2v) is 5.68. The van der Waals surface area contributed by atoms with Crippen LogP contribution >= 0.6 is 11.6 Å². The van der Waals surface area contributed by atoms with E-state index in [2.05, 4.69) is 0 Å². The molecule has 0 unspecified atom stereocenters. The van der Waals surface area contributed by atoms with Gasteiger partial charge in [-0.25, -0.2) is 0 Å². The third-order valence-electron chi connectivity index (χ3n) is 0.987. The molecule has 0 spiro atoms. The van der Waals surface area contributed by atoms with E-state index < -0.39 is 0 Å². The van der Waals surface area contributed by atoms with Crippen LogP contribution in [0, 0.1) is 0 Å². The second kappa shape index (κ2) is 6.72. The Hall–Kier alpha value is 0.724. The fourth-order valence-electron chi connectivity index (χ4n) is 0.521. The maximum atomic E-state index is 5.51. The molecule has 44 valence electrons. The molecule has 7 heavy (non-hydrogen) atoms. The summed E-state index contributed by atoms with van der Waals surface area (Å²) in [5, 5.41) is 0. The first-order valence-corrected chi connectivity index (χ1v) is 6.92. The van der Waals surface area contributed by atoms with Crippen molar-refractivity contribution in [3.8, 4) is 0 Å². The van der Waals surface area contributed by atoms with E-state index in [9.17, 15) is 0 Å². The lowest BCUT2D eigenvalue weighted by Crippen LogP contribution is -1.89. The van der Waals surface area contributed by atoms with Crippen LogP contribution in [0.5, 0.6) is 0 Å². The van der Waals surface area contributed by atoms with Crippen molar-refractivity contribution in [3.63, 3.8) is 0 Å². The first kappa shape index (κ1) is 7.72. The van der Waals surface area contributed by atoms with Gasteiger partial charge in [0.15, 0.2) is 0 Å². The molecule has 0 heterocycles. The Morgan fingerprint density at radius 3 is 2.71 bits per heavy atom. The van der Waals surface area contributed by atoms with Crippen LogP contribution in [0.2, 0.25) is 12.1 Å². The van der Waals surface area contributed by atoms with Crippen molar-refractivity contribution < 1.29 is 0 Å². The van der Waals surface area contributed by atoms with E-state index in [0.29, 0.717) is 0 Å². The molecule has 0 radical (unpaired) electrons. The van der Waals surface area contributed by atoms with Crippen molar-refractivity contribution in [2.45, 2.75) is 18.5 Å². The van der Waals surface area contributed by atoms with Gasteiger partial charge in [-0.1, -0.05) is 18.5 Å². The van der Waals surface area contributed by atoms with E-state index >= 15 is 0 Å². The molecule has 3 heteroatoms. The third-order valence-corrected chi connectivity index (χ3v) is 3.76. The Morgan fingerprint density at radius 1 is 1.57 bits per heavy atom. The predicted molar refractivity (Wildman–Crippen MR) is 43.4 cm³/mol. The van der Waals surface area contributed by atoms with Gasteiger partial charge in [-0.2, -0.15) is 0 Å². The molecule has 0 aromatic heterocycles. The highest BCUT2D eigenvalue weighted by molar-refractivity contribution is 6.50. The van der Waals surface area contributed by atoms with Crippen molar-refractivity contribution in [1.82, 2.24) is 0 Å². The van der Waals surface area contributed by atoms with E-state index in [1.165, 1.54) is 28.8 Å². The summed E-state index contributed by atoms with van der Waals surface area (Å²) in [6, 6.07) is 2.96. The molecule has 0 aliphatic heterocycles. The molecule has 0 saturated heterocycles. The highest BCUT2D eigenvalue weighted by atomic mass is 35.5. The summed E-state index contributed by atoms with van der Waals surface area (Å²) in [4.78, 5) is 0. The van der Waals surface area contributed by atoms with E-state index in [1.807, 2.05) is 0 Å². The zero-order valence-corrected chi connectivity index (χ0v) is 9.08. The van der Waals surface area contributed by atoms with Crippen LogP contribution < -0.4 is 0 Å². The molecule has 0 N–H and O–H groups in total. The molecule has 0 amide bonds. The lowest BCUT2D eigenvalue weighted by atomic mass is 10.6. The van der Waals surface area contributed by atoms with E-state index in [4.69, 9.17) is 11.6 Å². The molecule has 0 aliphatic carbocycles. The van der Waals surface area contributed by atoms with Crippen molar-refractivity contribution >= 4 is 31.4 Å². The maximum Gasteiger partial charge on any atom is 0.0378 e. The standard InChI is InChI=1S/C4H13ClSi2/c5-4-7-3-1-2-6/h1-4,7H2,6H3. The fourth-order valence-corrected chi connectivity index (χ4v) is 3.63. The molecule has 0 saturated carbocycles. The van der Waals surface area contributed by atoms with E-state index in [-0.39, 0.29) is 9.52 Å². The molecule has 0 aliphatic rings. The molecule has 0 aromatic rings. The Bertz CT molecular complexity index is 28.9. The summed E-state index contributed by atoms with van der Waals surface area (Å²) in [6.45, 7) is 0. The SMILES string of the molecule is [SiH3]CCC[SiH2]CCl. The number of rotatable bonds is 4. The van der Waals surface area contributed by atoms with E-state index in [0.717, 1.165) is 5.50 Å². The largest absolute Gasteiger partial charge is 0.131 e. The summed E-state index contributed by atoms with van der Waals surface area (Å²) in [5.74, 6) is 0. The summed E-state index contributed by atoms with van der Waals surface area (Å²) < 4.78 is 0. The zero-order chi connectivity index (χ0) is 5.54. The van der Waals surface area contributed by atoms with Crippen LogP contribution in [0.1, 0.15) is 6.42 Å². The minimum atomic E-state index is 0.198. The second-order valence-electron chi connectivity index (χ2n) is 1.75. The van der Waals surface area contributed by atoms with Gasteiger partial charge in [-0.3, -0.25) is 0 Å². The predicted octanol–water partition coefficient (Wildman–Crippen LogP) is -0.0564. The monoisotopic (exact) mass is 152 g/mol. The van der Waals surface area contributed by atoms with Crippen LogP contribution in [0.4, 0.5) is 0 Å². The molecule has 0 atom stereocenters. The molecule has 0 bridgehead atoms. The first-order valence-electron chi connectivity index (χ1n) is 2.97. The van der Waals surface area contributed by atoms with Gasteiger partial charge in [-0.05, 0) is 0 Å². The van der Waals surface area contributed by atoms with Crippen LogP contribution in [0.3, 0.4) is 0 Å². The number of alkyl halides is 1. The van der Waals surface area contributed by atoms with Crippen LogP contribution in [0.15, 0.2) is 0 Å². The highest BCUT2D eigenvalue weighted by Crippen LogP contribution is 1.91. The average molecular weight is 153 g/mol. The summed E-state index contributed by atoms with van der Waals surface area (Å²) in [6.07, 6.45) is 1.46. The van der Waals surface area contributed by atoms with Crippen LogP contribution in [0.25, 0.3) is 0 Å². The fraction of sp³-hybridized carbons (Fsp3) is 1.00. The Morgan fingerprint density at radius 2 is 2.29 bits per heavy atom. The van der Waals surface area contributed by atoms with Crippen molar-refractivity contribution in [2.24, 2.45) is 0 Å². The van der Waals surface area contributed by atoms with Gasteiger partial charge in [0.05, 0.1) is 0 Å². The molecular weight excluding hydrogens is 140 g/mol. The Kier molecular flexibility index (Phi) is 7.42. The summed E-state index contributed by atoms with van der Waals surface area (Å²) >= 11 is 5.51. The quantitative estimate of drug-likeness (QED) is 0.301. The maximum absolute atomic E-state index is 5.51. The van der Waals surface area contributed by atoms with Gasteiger partial charge in [0, 0.05) is 25.3 Å². The van der Waals surface area contributed by atoms with E-state index in [1.54, 1.807) is 0 Å². The average Bonchev–Trinajstić information content (AvgIpc) is 1.69. The lowest BCUT2D eigenvalue weighted by Gasteiger charge is -1.88. The smallest absolute Gasteiger partial charge is 0.0378 e. The minimum absolute atomic E-state index is 0.198. The molecule has 0 aromatic carbocycles. The number of halogens is 1. The lowest BCUT2D eigenvalue weighted by molar-refractivity contribution is 1.07. The topological polar surface area (TPSA) is 0 Å². The highest BCUT2D eigenvalue weighted by Gasteiger charge is 1.82. The van der Waals surface area contributed by atoms with Gasteiger partial charge in [0.2, 0.25) is 0 Å². The Labute approximate surface area is 55.9 Å². The van der Waals surface area contributed by atoms with Gasteiger partial charge in [0.25, 0.3) is 0 Å². The summed E-state index contributed by atoms with van der Waals surface area (Å²) in [7, 11) is 1.58. The third kappa shape index (κ3) is 6.72. The molecular formula is C4H13ClSi2. The first-order chi connectivity index (χ1) is 3.41. The molecule has 0 rings (SSSR count). The van der Waals surface area contributed by atoms with Crippen molar-refractivity contribution in [3.05, 3.63) is 0 Å². The minimum Gasteiger partial charge on any atom is -0.131 e. The number of hydrogen-bond donors (Lipinski definition) is 0. The number of hydrogen-bond acceptors (Lipinski definition) is 0. The Balaban J connectivity index is 2.45. The molecule has 0 nitrogen and oxygen atoms in total. The van der Waals surface area contributed by atoms with Gasteiger partial charge in [-0.15, -0.1) is 11.6 Å².